The van der Waals surface area contributed by atoms with Gasteiger partial charge in [-0.05, 0) is 61.9 Å². The lowest BCUT2D eigenvalue weighted by atomic mass is 9.88. The summed E-state index contributed by atoms with van der Waals surface area (Å²) in [5.74, 6) is -8.71. The fourth-order valence-corrected chi connectivity index (χ4v) is 7.08. The Hall–Kier alpha value is -2.80. The number of nitrogens with zero attached hydrogens (tertiary/aromatic N) is 3. The van der Waals surface area contributed by atoms with E-state index in [-0.39, 0.29) is 43.3 Å². The SMILES string of the molecule is Cc1cc(C(=O)N2CC(F)(F)C(F)(F)C2)ccc1/C=C/S(=O)(=O)N1CCC2(CC1)N=C(C1CCCCC1)NC2=O. The molecule has 2 amide bonds. The fraction of sp³-hybridized carbons (Fsp3) is 0.593. The molecule has 1 spiro atoms. The molecule has 2 saturated heterocycles. The van der Waals surface area contributed by atoms with E-state index in [0.29, 0.717) is 16.0 Å². The number of amides is 2. The molecule has 0 atom stereocenters. The first-order valence-electron chi connectivity index (χ1n) is 13.5. The monoisotopic (exact) mass is 584 g/mol. The molecule has 0 bridgehead atoms. The smallest absolute Gasteiger partial charge is 0.326 e. The van der Waals surface area contributed by atoms with Gasteiger partial charge in [0.2, 0.25) is 10.0 Å². The Bertz CT molecular complexity index is 1350. The van der Waals surface area contributed by atoms with Crippen LogP contribution in [0.4, 0.5) is 17.6 Å². The Kier molecular flexibility index (Phi) is 7.35. The maximum atomic E-state index is 13.5. The molecule has 4 aliphatic rings. The number of amidine groups is 1. The number of halogens is 4. The third-order valence-corrected chi connectivity index (χ3v) is 10.0. The minimum absolute atomic E-state index is 0.0460. The number of hydrogen-bond acceptors (Lipinski definition) is 5. The van der Waals surface area contributed by atoms with E-state index >= 15 is 0 Å². The summed E-state index contributed by atoms with van der Waals surface area (Å²) in [6.07, 6.45) is 7.34. The summed E-state index contributed by atoms with van der Waals surface area (Å²) in [6, 6.07) is 4.09. The van der Waals surface area contributed by atoms with Gasteiger partial charge < -0.3 is 10.2 Å². The third-order valence-electron chi connectivity index (χ3n) is 8.44. The first-order chi connectivity index (χ1) is 18.7. The number of alkyl halides is 4. The van der Waals surface area contributed by atoms with Gasteiger partial charge in [-0.3, -0.25) is 14.6 Å². The standard InChI is InChI=1S/C27H32F4N4O4S/c1-18-15-21(23(36)34-16-26(28,29)27(30,31)17-34)8-7-19(18)9-14-40(38,39)35-12-10-25(11-13-35)24(37)32-22(33-25)20-5-3-2-4-6-20/h7-9,14-15,20H,2-6,10-13,16-17H2,1H3,(H,32,33,37)/b14-9+. The normalized spacial score (nSPS) is 25.0. The van der Waals surface area contributed by atoms with E-state index in [1.807, 2.05) is 0 Å². The van der Waals surface area contributed by atoms with E-state index in [0.717, 1.165) is 36.9 Å². The van der Waals surface area contributed by atoms with Gasteiger partial charge in [0.1, 0.15) is 11.4 Å². The fourth-order valence-electron chi connectivity index (χ4n) is 5.89. The van der Waals surface area contributed by atoms with Gasteiger partial charge >= 0.3 is 11.8 Å². The van der Waals surface area contributed by atoms with Crippen LogP contribution in [0, 0.1) is 12.8 Å². The Balaban J connectivity index is 1.22. The van der Waals surface area contributed by atoms with Gasteiger partial charge in [-0.15, -0.1) is 0 Å². The highest BCUT2D eigenvalue weighted by Crippen LogP contribution is 2.41. The van der Waals surface area contributed by atoms with Gasteiger partial charge in [-0.1, -0.05) is 25.3 Å². The molecule has 13 heteroatoms. The topological polar surface area (TPSA) is 99.2 Å². The number of carbonyl (C=O) groups excluding carboxylic acids is 2. The molecule has 0 aromatic heterocycles. The van der Waals surface area contributed by atoms with Crippen molar-refractivity contribution in [2.24, 2.45) is 10.9 Å². The van der Waals surface area contributed by atoms with Crippen LogP contribution < -0.4 is 5.32 Å². The van der Waals surface area contributed by atoms with Crippen molar-refractivity contribution in [2.45, 2.75) is 69.3 Å². The number of nitrogens with one attached hydrogen (secondary N) is 1. The summed E-state index contributed by atoms with van der Waals surface area (Å²) in [7, 11) is -3.83. The van der Waals surface area contributed by atoms with Gasteiger partial charge in [0.05, 0.1) is 13.1 Å². The second-order valence-electron chi connectivity index (χ2n) is 11.2. The van der Waals surface area contributed by atoms with Gasteiger partial charge in [0.25, 0.3) is 11.8 Å². The minimum Gasteiger partial charge on any atom is -0.326 e. The van der Waals surface area contributed by atoms with Crippen LogP contribution >= 0.6 is 0 Å². The molecule has 5 rings (SSSR count). The van der Waals surface area contributed by atoms with Crippen molar-refractivity contribution in [3.05, 3.63) is 40.3 Å². The highest BCUT2D eigenvalue weighted by molar-refractivity contribution is 7.92. The van der Waals surface area contributed by atoms with Crippen LogP contribution in [0.3, 0.4) is 0 Å². The molecular formula is C27H32F4N4O4S. The molecule has 3 fully saturated rings. The maximum absolute atomic E-state index is 13.5. The number of aliphatic imine (C=N–C) groups is 1. The number of piperidine rings is 1. The van der Waals surface area contributed by atoms with Gasteiger partial charge in [-0.2, -0.15) is 21.9 Å². The summed E-state index contributed by atoms with van der Waals surface area (Å²) in [4.78, 5) is 30.6. The van der Waals surface area contributed by atoms with Crippen molar-refractivity contribution >= 4 is 33.7 Å². The van der Waals surface area contributed by atoms with E-state index in [1.165, 1.54) is 35.0 Å². The average Bonchev–Trinajstić information content (AvgIpc) is 3.34. The number of likely N-dealkylation sites (tertiary alicyclic amines) is 1. The minimum atomic E-state index is -4.30. The summed E-state index contributed by atoms with van der Waals surface area (Å²) in [6.45, 7) is -0.868. The summed E-state index contributed by atoms with van der Waals surface area (Å²) in [5.41, 5.74) is -0.0391. The highest BCUT2D eigenvalue weighted by atomic mass is 32.2. The summed E-state index contributed by atoms with van der Waals surface area (Å²) in [5, 5.41) is 4.00. The Morgan fingerprint density at radius 3 is 2.27 bits per heavy atom. The van der Waals surface area contributed by atoms with E-state index in [2.05, 4.69) is 5.32 Å². The van der Waals surface area contributed by atoms with Crippen LogP contribution in [0.25, 0.3) is 6.08 Å². The van der Waals surface area contributed by atoms with Crippen molar-refractivity contribution < 1.29 is 35.6 Å². The lowest BCUT2D eigenvalue weighted by Gasteiger charge is -2.34. The third kappa shape index (κ3) is 5.29. The highest BCUT2D eigenvalue weighted by Gasteiger charge is 2.63. The lowest BCUT2D eigenvalue weighted by molar-refractivity contribution is -0.172. The Morgan fingerprint density at radius 2 is 1.68 bits per heavy atom. The zero-order valence-corrected chi connectivity index (χ0v) is 23.0. The molecule has 3 heterocycles. The van der Waals surface area contributed by atoms with E-state index < -0.39 is 46.4 Å². The molecule has 40 heavy (non-hydrogen) atoms. The molecule has 8 nitrogen and oxygen atoms in total. The second-order valence-corrected chi connectivity index (χ2v) is 13.0. The van der Waals surface area contributed by atoms with Crippen molar-refractivity contribution in [2.75, 3.05) is 26.2 Å². The predicted molar refractivity (Wildman–Crippen MR) is 141 cm³/mol. The molecule has 0 unspecified atom stereocenters. The zero-order chi connectivity index (χ0) is 28.9. The van der Waals surface area contributed by atoms with Gasteiger partial charge in [-0.25, -0.2) is 8.42 Å². The molecule has 1 N–H and O–H groups in total. The first kappa shape index (κ1) is 28.7. The Morgan fingerprint density at radius 1 is 1.05 bits per heavy atom. The Labute approximate surface area is 230 Å². The molecule has 1 aromatic rings. The lowest BCUT2D eigenvalue weighted by Crippen LogP contribution is -2.50. The van der Waals surface area contributed by atoms with Crippen LogP contribution in [-0.2, 0) is 14.8 Å². The first-order valence-corrected chi connectivity index (χ1v) is 15.0. The zero-order valence-electron chi connectivity index (χ0n) is 22.1. The van der Waals surface area contributed by atoms with Crippen LogP contribution in [0.1, 0.15) is 66.4 Å². The number of benzene rings is 1. The molecule has 218 valence electrons. The van der Waals surface area contributed by atoms with Crippen molar-refractivity contribution in [3.8, 4) is 0 Å². The van der Waals surface area contributed by atoms with Gasteiger partial charge in [0.15, 0.2) is 0 Å². The quantitative estimate of drug-likeness (QED) is 0.530. The number of hydrogen-bond donors (Lipinski definition) is 1. The van der Waals surface area contributed by atoms with Crippen LogP contribution in [0.5, 0.6) is 0 Å². The van der Waals surface area contributed by atoms with Crippen molar-refractivity contribution in [3.63, 3.8) is 0 Å². The number of aryl methyl sites for hydroxylation is 1. The molecule has 1 aromatic carbocycles. The van der Waals surface area contributed by atoms with Gasteiger partial charge in [0, 0.05) is 30.0 Å². The number of sulfonamides is 1. The molecule has 0 radical (unpaired) electrons. The summed E-state index contributed by atoms with van der Waals surface area (Å²) >= 11 is 0. The molecular weight excluding hydrogens is 552 g/mol. The average molecular weight is 585 g/mol. The molecule has 3 aliphatic heterocycles. The van der Waals surface area contributed by atoms with E-state index in [1.54, 1.807) is 6.92 Å². The van der Waals surface area contributed by atoms with Crippen molar-refractivity contribution in [1.29, 1.82) is 0 Å². The van der Waals surface area contributed by atoms with E-state index in [4.69, 9.17) is 4.99 Å². The molecule has 1 saturated carbocycles. The van der Waals surface area contributed by atoms with Crippen LogP contribution in [0.15, 0.2) is 28.6 Å². The van der Waals surface area contributed by atoms with Crippen LogP contribution in [-0.4, -0.2) is 78.8 Å². The predicted octanol–water partition coefficient (Wildman–Crippen LogP) is 3.97. The van der Waals surface area contributed by atoms with E-state index in [9.17, 15) is 35.6 Å². The molecule has 1 aliphatic carbocycles. The van der Waals surface area contributed by atoms with Crippen molar-refractivity contribution in [1.82, 2.24) is 14.5 Å². The number of rotatable bonds is 5. The maximum Gasteiger partial charge on any atom is 0.329 e. The van der Waals surface area contributed by atoms with Crippen LogP contribution in [0.2, 0.25) is 0 Å². The largest absolute Gasteiger partial charge is 0.329 e. The second kappa shape index (κ2) is 10.2. The number of carbonyl (C=O) groups is 2. The summed E-state index contributed by atoms with van der Waals surface area (Å²) < 4.78 is 81.4.